The van der Waals surface area contributed by atoms with Crippen LogP contribution in [0.2, 0.25) is 0 Å². The lowest BCUT2D eigenvalue weighted by Crippen LogP contribution is -2.01. The predicted molar refractivity (Wildman–Crippen MR) is 63.3 cm³/mol. The first kappa shape index (κ1) is 9.03. The molecule has 1 aliphatic rings. The van der Waals surface area contributed by atoms with Crippen molar-refractivity contribution in [1.82, 2.24) is 9.97 Å². The number of hydrogen-bond donors (Lipinski definition) is 3. The van der Waals surface area contributed by atoms with Gasteiger partial charge in [0.2, 0.25) is 0 Å². The summed E-state index contributed by atoms with van der Waals surface area (Å²) in [6, 6.07) is 4.47. The van der Waals surface area contributed by atoms with Gasteiger partial charge in [-0.05, 0) is 40.9 Å². The highest BCUT2D eigenvalue weighted by atomic mass is 79.9. The number of hydrogen-bond acceptors (Lipinski definition) is 2. The van der Waals surface area contributed by atoms with Crippen molar-refractivity contribution in [2.24, 2.45) is 0 Å². The summed E-state index contributed by atoms with van der Waals surface area (Å²) in [5, 5.41) is 3.40. The molecule has 1 aromatic carbocycles. The topological polar surface area (TPSA) is 60.7 Å². The van der Waals surface area contributed by atoms with Crippen LogP contribution < -0.4 is 11.0 Å². The molecule has 3 N–H and O–H groups in total. The number of anilines is 1. The number of H-pyrrole nitrogens is 2. The molecule has 4 nitrogen and oxygen atoms in total. The summed E-state index contributed by atoms with van der Waals surface area (Å²) < 4.78 is 0.983. The van der Waals surface area contributed by atoms with Gasteiger partial charge in [0.05, 0.1) is 16.7 Å². The average Bonchev–Trinajstić information content (AvgIpc) is 2.90. The standard InChI is InChI=1S/C10H10BrN3O/c11-6-3-8-9(14-10(15)13-8)4-7(6)12-5-1-2-5/h3-5,12H,1-2H2,(H2,13,14,15). The minimum absolute atomic E-state index is 0.166. The zero-order valence-electron chi connectivity index (χ0n) is 7.93. The van der Waals surface area contributed by atoms with Crippen LogP contribution in [0.5, 0.6) is 0 Å². The van der Waals surface area contributed by atoms with E-state index in [1.54, 1.807) is 0 Å². The van der Waals surface area contributed by atoms with E-state index in [-0.39, 0.29) is 5.69 Å². The van der Waals surface area contributed by atoms with Crippen LogP contribution in [-0.2, 0) is 0 Å². The lowest BCUT2D eigenvalue weighted by atomic mass is 10.2. The molecule has 1 fully saturated rings. The SMILES string of the molecule is O=c1[nH]c2cc(Br)c(NC3CC3)cc2[nH]1. The second kappa shape index (κ2) is 3.13. The van der Waals surface area contributed by atoms with Crippen LogP contribution >= 0.6 is 15.9 Å². The van der Waals surface area contributed by atoms with Crippen molar-refractivity contribution in [3.8, 4) is 0 Å². The van der Waals surface area contributed by atoms with Crippen molar-refractivity contribution in [1.29, 1.82) is 0 Å². The molecular weight excluding hydrogens is 258 g/mol. The number of fused-ring (bicyclic) bond motifs is 1. The van der Waals surface area contributed by atoms with Crippen LogP contribution in [0.25, 0.3) is 11.0 Å². The third-order valence-corrected chi connectivity index (χ3v) is 3.20. The molecule has 5 heteroatoms. The van der Waals surface area contributed by atoms with E-state index in [9.17, 15) is 4.79 Å². The number of halogens is 1. The summed E-state index contributed by atoms with van der Waals surface area (Å²) in [5.41, 5.74) is 2.54. The van der Waals surface area contributed by atoms with Gasteiger partial charge < -0.3 is 15.3 Å². The number of imidazole rings is 1. The normalized spacial score (nSPS) is 15.8. The summed E-state index contributed by atoms with van der Waals surface area (Å²) >= 11 is 3.48. The molecule has 0 aliphatic heterocycles. The van der Waals surface area contributed by atoms with Crippen LogP contribution in [-0.4, -0.2) is 16.0 Å². The fourth-order valence-corrected chi connectivity index (χ4v) is 2.07. The fraction of sp³-hybridized carbons (Fsp3) is 0.300. The highest BCUT2D eigenvalue weighted by molar-refractivity contribution is 9.10. The van der Waals surface area contributed by atoms with E-state index in [1.165, 1.54) is 12.8 Å². The number of aromatic amines is 2. The highest BCUT2D eigenvalue weighted by Crippen LogP contribution is 2.31. The molecule has 15 heavy (non-hydrogen) atoms. The first-order valence-corrected chi connectivity index (χ1v) is 5.70. The van der Waals surface area contributed by atoms with E-state index in [0.717, 1.165) is 21.2 Å². The van der Waals surface area contributed by atoms with E-state index in [1.807, 2.05) is 12.1 Å². The van der Waals surface area contributed by atoms with Crippen LogP contribution in [0, 0.1) is 0 Å². The minimum Gasteiger partial charge on any atom is -0.381 e. The van der Waals surface area contributed by atoms with E-state index in [0.29, 0.717) is 6.04 Å². The van der Waals surface area contributed by atoms with Gasteiger partial charge in [-0.25, -0.2) is 4.79 Å². The van der Waals surface area contributed by atoms with E-state index in [4.69, 9.17) is 0 Å². The lowest BCUT2D eigenvalue weighted by Gasteiger charge is -2.06. The second-order valence-corrected chi connectivity index (χ2v) is 4.73. The maximum Gasteiger partial charge on any atom is 0.323 e. The van der Waals surface area contributed by atoms with Crippen molar-refractivity contribution in [3.05, 3.63) is 27.1 Å². The molecule has 2 aromatic rings. The molecular formula is C10H10BrN3O. The van der Waals surface area contributed by atoms with Crippen molar-refractivity contribution in [3.63, 3.8) is 0 Å². The molecule has 1 heterocycles. The largest absolute Gasteiger partial charge is 0.381 e. The first-order chi connectivity index (χ1) is 7.22. The van der Waals surface area contributed by atoms with Gasteiger partial charge >= 0.3 is 5.69 Å². The smallest absolute Gasteiger partial charge is 0.323 e. The van der Waals surface area contributed by atoms with Gasteiger partial charge in [0.25, 0.3) is 0 Å². The molecule has 1 aromatic heterocycles. The number of benzene rings is 1. The average molecular weight is 268 g/mol. The molecule has 0 radical (unpaired) electrons. The van der Waals surface area contributed by atoms with Crippen molar-refractivity contribution >= 4 is 32.7 Å². The third-order valence-electron chi connectivity index (χ3n) is 2.54. The van der Waals surface area contributed by atoms with E-state index in [2.05, 4.69) is 31.2 Å². The molecule has 0 unspecified atom stereocenters. The Hall–Kier alpha value is -1.23. The fourth-order valence-electron chi connectivity index (χ4n) is 1.61. The van der Waals surface area contributed by atoms with Crippen LogP contribution in [0.15, 0.2) is 21.4 Å². The first-order valence-electron chi connectivity index (χ1n) is 4.90. The summed E-state index contributed by atoms with van der Waals surface area (Å²) in [7, 11) is 0. The van der Waals surface area contributed by atoms with E-state index < -0.39 is 0 Å². The molecule has 0 amide bonds. The predicted octanol–water partition coefficient (Wildman–Crippen LogP) is 2.19. The molecule has 0 atom stereocenters. The highest BCUT2D eigenvalue weighted by Gasteiger charge is 2.21. The summed E-state index contributed by atoms with van der Waals surface area (Å²) in [6.07, 6.45) is 2.46. The van der Waals surface area contributed by atoms with E-state index >= 15 is 0 Å². The van der Waals surface area contributed by atoms with Gasteiger partial charge in [0.1, 0.15) is 0 Å². The molecule has 1 aliphatic carbocycles. The Labute approximate surface area is 94.2 Å². The summed E-state index contributed by atoms with van der Waals surface area (Å²) in [4.78, 5) is 16.6. The van der Waals surface area contributed by atoms with Crippen LogP contribution in [0.1, 0.15) is 12.8 Å². The lowest BCUT2D eigenvalue weighted by molar-refractivity contribution is 1.15. The van der Waals surface area contributed by atoms with Crippen molar-refractivity contribution < 1.29 is 0 Å². The molecule has 78 valence electrons. The van der Waals surface area contributed by atoms with Crippen molar-refractivity contribution in [2.45, 2.75) is 18.9 Å². The van der Waals surface area contributed by atoms with Gasteiger partial charge in [0.15, 0.2) is 0 Å². The van der Waals surface area contributed by atoms with Gasteiger partial charge in [-0.3, -0.25) is 0 Å². The Bertz CT molecular complexity index is 568. The second-order valence-electron chi connectivity index (χ2n) is 3.88. The van der Waals surface area contributed by atoms with Crippen molar-refractivity contribution in [2.75, 3.05) is 5.32 Å². The Kier molecular flexibility index (Phi) is 1.88. The Morgan fingerprint density at radius 2 is 1.93 bits per heavy atom. The van der Waals surface area contributed by atoms with Crippen LogP contribution in [0.3, 0.4) is 0 Å². The maximum atomic E-state index is 11.1. The quantitative estimate of drug-likeness (QED) is 0.781. The minimum atomic E-state index is -0.166. The Morgan fingerprint density at radius 1 is 1.27 bits per heavy atom. The molecule has 0 saturated heterocycles. The number of rotatable bonds is 2. The summed E-state index contributed by atoms with van der Waals surface area (Å²) in [6.45, 7) is 0. The van der Waals surface area contributed by atoms with Gasteiger partial charge in [-0.1, -0.05) is 0 Å². The Balaban J connectivity index is 2.12. The van der Waals surface area contributed by atoms with Gasteiger partial charge in [-0.2, -0.15) is 0 Å². The zero-order chi connectivity index (χ0) is 10.4. The van der Waals surface area contributed by atoms with Gasteiger partial charge in [0, 0.05) is 10.5 Å². The number of aromatic nitrogens is 2. The summed E-state index contributed by atoms with van der Waals surface area (Å²) in [5.74, 6) is 0. The zero-order valence-corrected chi connectivity index (χ0v) is 9.52. The molecule has 3 rings (SSSR count). The molecule has 0 bridgehead atoms. The third kappa shape index (κ3) is 1.67. The van der Waals surface area contributed by atoms with Gasteiger partial charge in [-0.15, -0.1) is 0 Å². The van der Waals surface area contributed by atoms with Crippen LogP contribution in [0.4, 0.5) is 5.69 Å². The maximum absolute atomic E-state index is 11.1. The monoisotopic (exact) mass is 267 g/mol. The Morgan fingerprint density at radius 3 is 2.60 bits per heavy atom. The molecule has 0 spiro atoms. The number of nitrogens with one attached hydrogen (secondary N) is 3. The molecule has 1 saturated carbocycles.